The Morgan fingerprint density at radius 2 is 2.10 bits per heavy atom. The van der Waals surface area contributed by atoms with Gasteiger partial charge in [0.25, 0.3) is 5.91 Å². The zero-order valence-electron chi connectivity index (χ0n) is 15.6. The summed E-state index contributed by atoms with van der Waals surface area (Å²) >= 11 is 0. The Bertz CT molecular complexity index is 1090. The fourth-order valence-electron chi connectivity index (χ4n) is 2.33. The summed E-state index contributed by atoms with van der Waals surface area (Å²) in [6.07, 6.45) is 1.38. The first-order chi connectivity index (χ1) is 13.9. The van der Waals surface area contributed by atoms with Gasteiger partial charge in [-0.25, -0.2) is 10.1 Å². The zero-order valence-corrected chi connectivity index (χ0v) is 15.6. The first-order valence-corrected chi connectivity index (χ1v) is 8.11. The molecule has 0 radical (unpaired) electrons. The number of hydrogen-bond donors (Lipinski definition) is 2. The molecule has 0 saturated heterocycles. The largest absolute Gasteiger partial charge is 0.493 e. The van der Waals surface area contributed by atoms with E-state index in [1.54, 1.807) is 25.1 Å². The third kappa shape index (κ3) is 4.18. The summed E-state index contributed by atoms with van der Waals surface area (Å²) in [6, 6.07) is 4.77. The molecule has 3 aromatic rings. The normalized spacial score (nSPS) is 10.9. The van der Waals surface area contributed by atoms with Gasteiger partial charge in [-0.15, -0.1) is 5.10 Å². The molecule has 0 saturated carbocycles. The number of carbonyl (C=O) groups excluding carboxylic acids is 2. The second-order valence-electron chi connectivity index (χ2n) is 5.61. The van der Waals surface area contributed by atoms with Crippen LogP contribution in [-0.2, 0) is 4.79 Å². The number of ether oxygens (including phenoxy) is 2. The number of nitrogen functional groups attached to an aromatic ring is 1. The molecule has 0 aliphatic rings. The van der Waals surface area contributed by atoms with Gasteiger partial charge in [-0.05, 0) is 41.0 Å². The molecule has 1 aromatic carbocycles. The van der Waals surface area contributed by atoms with Gasteiger partial charge in [0.15, 0.2) is 17.2 Å². The van der Waals surface area contributed by atoms with E-state index in [0.717, 1.165) is 4.68 Å². The molecule has 2 aromatic heterocycles. The second-order valence-corrected chi connectivity index (χ2v) is 5.61. The lowest BCUT2D eigenvalue weighted by atomic mass is 10.2. The van der Waals surface area contributed by atoms with E-state index in [1.807, 2.05) is 0 Å². The van der Waals surface area contributed by atoms with Gasteiger partial charge >= 0.3 is 5.97 Å². The lowest BCUT2D eigenvalue weighted by molar-refractivity contribution is -0.132. The van der Waals surface area contributed by atoms with Gasteiger partial charge in [-0.1, -0.05) is 5.21 Å². The summed E-state index contributed by atoms with van der Waals surface area (Å²) in [7, 11) is 1.44. The number of amides is 1. The first kappa shape index (κ1) is 19.5. The molecule has 29 heavy (non-hydrogen) atoms. The van der Waals surface area contributed by atoms with Crippen molar-refractivity contribution in [1.82, 2.24) is 30.7 Å². The van der Waals surface area contributed by atoms with Crippen molar-refractivity contribution in [1.29, 1.82) is 0 Å². The number of rotatable bonds is 6. The Hall–Kier alpha value is -4.29. The lowest BCUT2D eigenvalue weighted by Crippen LogP contribution is -2.22. The molecule has 13 heteroatoms. The molecule has 0 atom stereocenters. The number of hydrazone groups is 1. The van der Waals surface area contributed by atoms with Gasteiger partial charge in [0, 0.05) is 6.92 Å². The minimum Gasteiger partial charge on any atom is -0.493 e. The van der Waals surface area contributed by atoms with Crippen LogP contribution in [0.4, 0.5) is 5.82 Å². The van der Waals surface area contributed by atoms with Crippen LogP contribution in [0.1, 0.15) is 28.7 Å². The number of aryl methyl sites for hydroxylation is 1. The highest BCUT2D eigenvalue weighted by Gasteiger charge is 2.22. The van der Waals surface area contributed by atoms with E-state index in [-0.39, 0.29) is 23.1 Å². The molecule has 150 valence electrons. The maximum absolute atomic E-state index is 12.5. The monoisotopic (exact) mass is 400 g/mol. The Morgan fingerprint density at radius 1 is 1.31 bits per heavy atom. The molecule has 0 spiro atoms. The Kier molecular flexibility index (Phi) is 5.48. The smallest absolute Gasteiger partial charge is 0.308 e. The number of esters is 1. The van der Waals surface area contributed by atoms with Crippen LogP contribution in [0.3, 0.4) is 0 Å². The molecule has 0 aliphatic heterocycles. The molecule has 3 N–H and O–H groups in total. The summed E-state index contributed by atoms with van der Waals surface area (Å²) in [5.41, 5.74) is 8.98. The van der Waals surface area contributed by atoms with E-state index in [4.69, 9.17) is 15.2 Å². The number of aromatic nitrogens is 5. The number of hydrogen-bond acceptors (Lipinski definition) is 11. The number of nitrogens with two attached hydrogens (primary N) is 1. The second kappa shape index (κ2) is 8.16. The van der Waals surface area contributed by atoms with Crippen molar-refractivity contribution >= 4 is 23.9 Å². The van der Waals surface area contributed by atoms with E-state index in [2.05, 4.69) is 35.8 Å². The average molecular weight is 400 g/mol. The summed E-state index contributed by atoms with van der Waals surface area (Å²) in [5, 5.41) is 18.6. The van der Waals surface area contributed by atoms with Gasteiger partial charge in [0.1, 0.15) is 0 Å². The molecule has 1 amide bonds. The van der Waals surface area contributed by atoms with Gasteiger partial charge in [-0.2, -0.15) is 9.78 Å². The number of anilines is 1. The highest BCUT2D eigenvalue weighted by Crippen LogP contribution is 2.27. The van der Waals surface area contributed by atoms with Crippen molar-refractivity contribution in [2.75, 3.05) is 12.8 Å². The van der Waals surface area contributed by atoms with Crippen molar-refractivity contribution in [3.05, 3.63) is 35.2 Å². The summed E-state index contributed by atoms with van der Waals surface area (Å²) in [4.78, 5) is 23.6. The molecule has 13 nitrogen and oxygen atoms in total. The summed E-state index contributed by atoms with van der Waals surface area (Å²) < 4.78 is 15.8. The highest BCUT2D eigenvalue weighted by atomic mass is 16.6. The SMILES string of the molecule is COc1cc(/C=N/NC(=O)c2c(C)nnn2-c2nonc2N)ccc1OC(C)=O. The first-order valence-electron chi connectivity index (χ1n) is 8.11. The molecule has 0 aliphatic carbocycles. The van der Waals surface area contributed by atoms with Gasteiger partial charge in [0.2, 0.25) is 11.6 Å². The van der Waals surface area contributed by atoms with E-state index in [0.29, 0.717) is 17.0 Å². The molecule has 0 unspecified atom stereocenters. The highest BCUT2D eigenvalue weighted by molar-refractivity contribution is 5.95. The van der Waals surface area contributed by atoms with Crippen molar-refractivity contribution in [3.63, 3.8) is 0 Å². The van der Waals surface area contributed by atoms with E-state index >= 15 is 0 Å². The van der Waals surface area contributed by atoms with Gasteiger partial charge < -0.3 is 15.2 Å². The number of nitrogens with zero attached hydrogens (tertiary/aromatic N) is 6. The van der Waals surface area contributed by atoms with Crippen molar-refractivity contribution in [2.45, 2.75) is 13.8 Å². The number of methoxy groups -OCH3 is 1. The minimum atomic E-state index is -0.602. The van der Waals surface area contributed by atoms with Crippen LogP contribution in [0.2, 0.25) is 0 Å². The third-order valence-electron chi connectivity index (χ3n) is 3.57. The Morgan fingerprint density at radius 3 is 2.76 bits per heavy atom. The van der Waals surface area contributed by atoms with Crippen molar-refractivity contribution in [2.24, 2.45) is 5.10 Å². The summed E-state index contributed by atoms with van der Waals surface area (Å²) in [5.74, 6) is -0.485. The number of carbonyl (C=O) groups is 2. The van der Waals surface area contributed by atoms with Gasteiger partial charge in [-0.3, -0.25) is 9.59 Å². The van der Waals surface area contributed by atoms with Gasteiger partial charge in [0.05, 0.1) is 19.0 Å². The maximum Gasteiger partial charge on any atom is 0.308 e. The Balaban J connectivity index is 1.76. The predicted molar refractivity (Wildman–Crippen MR) is 97.7 cm³/mol. The lowest BCUT2D eigenvalue weighted by Gasteiger charge is -2.08. The molecular formula is C16H16N8O5. The van der Waals surface area contributed by atoms with Crippen LogP contribution < -0.4 is 20.6 Å². The zero-order chi connectivity index (χ0) is 21.0. The quantitative estimate of drug-likeness (QED) is 0.252. The minimum absolute atomic E-state index is 0.0329. The number of nitrogens with one attached hydrogen (secondary N) is 1. The van der Waals surface area contributed by atoms with Crippen LogP contribution in [0.25, 0.3) is 5.82 Å². The van der Waals surface area contributed by atoms with Crippen LogP contribution in [0, 0.1) is 6.92 Å². The fourth-order valence-corrected chi connectivity index (χ4v) is 2.33. The predicted octanol–water partition coefficient (Wildman–Crippen LogP) is 0.239. The summed E-state index contributed by atoms with van der Waals surface area (Å²) in [6.45, 7) is 2.87. The van der Waals surface area contributed by atoms with Crippen molar-refractivity contribution in [3.8, 4) is 17.3 Å². The third-order valence-corrected chi connectivity index (χ3v) is 3.57. The molecule has 2 heterocycles. The average Bonchev–Trinajstić information content (AvgIpc) is 3.27. The standard InChI is InChI=1S/C16H16N8O5/c1-8-13(24(23-19-8)15-14(17)21-29-22-15)16(26)20-18-7-10-4-5-11(28-9(2)25)12(6-10)27-3/h4-7H,1-3H3,(H2,17,21)(H,20,26)/b18-7+. The van der Waals surface area contributed by atoms with Crippen LogP contribution in [0.15, 0.2) is 27.9 Å². The molecular weight excluding hydrogens is 384 g/mol. The van der Waals surface area contributed by atoms with Crippen LogP contribution >= 0.6 is 0 Å². The number of benzene rings is 1. The fraction of sp³-hybridized carbons (Fsp3) is 0.188. The molecule has 3 rings (SSSR count). The van der Waals surface area contributed by atoms with E-state index in [9.17, 15) is 9.59 Å². The molecule has 0 bridgehead atoms. The Labute approximate surface area is 163 Å². The molecule has 0 fully saturated rings. The van der Waals surface area contributed by atoms with E-state index in [1.165, 1.54) is 20.2 Å². The van der Waals surface area contributed by atoms with Crippen LogP contribution in [0.5, 0.6) is 11.5 Å². The van der Waals surface area contributed by atoms with Crippen molar-refractivity contribution < 1.29 is 23.7 Å². The van der Waals surface area contributed by atoms with Crippen LogP contribution in [-0.4, -0.2) is 50.5 Å². The van der Waals surface area contributed by atoms with E-state index < -0.39 is 11.9 Å². The maximum atomic E-state index is 12.5. The topological polar surface area (TPSA) is 173 Å².